The number of ether oxygens (including phenoxy) is 1. The van der Waals surface area contributed by atoms with Gasteiger partial charge >= 0.3 is 0 Å². The summed E-state index contributed by atoms with van der Waals surface area (Å²) in [6.07, 6.45) is 1.04. The van der Waals surface area contributed by atoms with Crippen molar-refractivity contribution in [3.05, 3.63) is 71.3 Å². The summed E-state index contributed by atoms with van der Waals surface area (Å²) >= 11 is 0. The maximum atomic E-state index is 11.9. The van der Waals surface area contributed by atoms with Crippen molar-refractivity contribution >= 4 is 5.91 Å². The Bertz CT molecular complexity index is 643. The van der Waals surface area contributed by atoms with Gasteiger partial charge in [-0.15, -0.1) is 0 Å². The van der Waals surface area contributed by atoms with Crippen molar-refractivity contribution < 1.29 is 9.53 Å². The molecule has 1 aliphatic heterocycles. The number of carbonyl (C=O) groups is 1. The van der Waals surface area contributed by atoms with Crippen molar-refractivity contribution in [2.75, 3.05) is 19.7 Å². The smallest absolute Gasteiger partial charge is 0.246 e. The summed E-state index contributed by atoms with van der Waals surface area (Å²) in [5.74, 6) is -0.0780. The lowest BCUT2D eigenvalue weighted by atomic mass is 9.94. The lowest BCUT2D eigenvalue weighted by molar-refractivity contribution is -0.126. The standard InChI is InChI=1S/C19H22N2O2/c22-19(14-23-13-15-6-2-1-3-7-15)21-12-18-17-9-5-4-8-16(17)10-11-20-18/h1-9,18,20H,10-14H2,(H,21,22). The fraction of sp³-hybridized carbons (Fsp3) is 0.316. The molecule has 0 saturated heterocycles. The maximum Gasteiger partial charge on any atom is 0.246 e. The van der Waals surface area contributed by atoms with E-state index in [0.29, 0.717) is 13.2 Å². The first kappa shape index (κ1) is 15.7. The highest BCUT2D eigenvalue weighted by atomic mass is 16.5. The third-order valence-electron chi connectivity index (χ3n) is 4.06. The van der Waals surface area contributed by atoms with Crippen LogP contribution in [0.4, 0.5) is 0 Å². The third kappa shape index (κ3) is 4.41. The number of rotatable bonds is 6. The Morgan fingerprint density at radius 1 is 1.13 bits per heavy atom. The summed E-state index contributed by atoms with van der Waals surface area (Å²) in [5.41, 5.74) is 3.72. The molecular weight excluding hydrogens is 288 g/mol. The summed E-state index contributed by atoms with van der Waals surface area (Å²) in [6, 6.07) is 18.4. The summed E-state index contributed by atoms with van der Waals surface area (Å²) in [4.78, 5) is 11.9. The monoisotopic (exact) mass is 310 g/mol. The molecule has 0 aromatic heterocycles. The Kier molecular flexibility index (Phi) is 5.40. The third-order valence-corrected chi connectivity index (χ3v) is 4.06. The molecule has 0 fully saturated rings. The van der Waals surface area contributed by atoms with Gasteiger partial charge in [0.05, 0.1) is 6.61 Å². The van der Waals surface area contributed by atoms with E-state index in [0.717, 1.165) is 18.5 Å². The van der Waals surface area contributed by atoms with Crippen molar-refractivity contribution in [2.45, 2.75) is 19.1 Å². The molecule has 3 rings (SSSR count). The molecule has 4 heteroatoms. The zero-order chi connectivity index (χ0) is 15.9. The molecule has 4 nitrogen and oxygen atoms in total. The Morgan fingerprint density at radius 3 is 2.78 bits per heavy atom. The van der Waals surface area contributed by atoms with Crippen LogP contribution in [0.2, 0.25) is 0 Å². The van der Waals surface area contributed by atoms with Crippen LogP contribution >= 0.6 is 0 Å². The predicted molar refractivity (Wildman–Crippen MR) is 90.0 cm³/mol. The maximum absolute atomic E-state index is 11.9. The van der Waals surface area contributed by atoms with Crippen molar-refractivity contribution in [2.24, 2.45) is 0 Å². The van der Waals surface area contributed by atoms with Gasteiger partial charge in [0.15, 0.2) is 0 Å². The van der Waals surface area contributed by atoms with E-state index in [2.05, 4.69) is 28.8 Å². The molecule has 1 unspecified atom stereocenters. The second-order valence-electron chi connectivity index (χ2n) is 5.74. The second-order valence-corrected chi connectivity index (χ2v) is 5.74. The highest BCUT2D eigenvalue weighted by Crippen LogP contribution is 2.21. The van der Waals surface area contributed by atoms with E-state index >= 15 is 0 Å². The zero-order valence-electron chi connectivity index (χ0n) is 13.1. The number of fused-ring (bicyclic) bond motifs is 1. The molecule has 1 heterocycles. The number of amides is 1. The van der Waals surface area contributed by atoms with Crippen molar-refractivity contribution in [1.82, 2.24) is 10.6 Å². The summed E-state index contributed by atoms with van der Waals surface area (Å²) in [7, 11) is 0. The van der Waals surface area contributed by atoms with E-state index in [1.54, 1.807) is 0 Å². The quantitative estimate of drug-likeness (QED) is 0.860. The first-order chi connectivity index (χ1) is 11.3. The van der Waals surface area contributed by atoms with Gasteiger partial charge in [0.1, 0.15) is 6.61 Å². The lowest BCUT2D eigenvalue weighted by Gasteiger charge is -2.27. The molecule has 0 bridgehead atoms. The molecule has 2 aromatic rings. The van der Waals surface area contributed by atoms with E-state index < -0.39 is 0 Å². The minimum Gasteiger partial charge on any atom is -0.367 e. The van der Waals surface area contributed by atoms with Crippen LogP contribution in [0.15, 0.2) is 54.6 Å². The number of benzene rings is 2. The first-order valence-electron chi connectivity index (χ1n) is 8.02. The van der Waals surface area contributed by atoms with E-state index in [1.807, 2.05) is 36.4 Å². The average Bonchev–Trinajstić information content (AvgIpc) is 2.61. The fourth-order valence-corrected chi connectivity index (χ4v) is 2.88. The van der Waals surface area contributed by atoms with Crippen molar-refractivity contribution in [1.29, 1.82) is 0 Å². The molecule has 120 valence electrons. The van der Waals surface area contributed by atoms with Crippen LogP contribution in [0, 0.1) is 0 Å². The molecule has 2 aromatic carbocycles. The summed E-state index contributed by atoms with van der Waals surface area (Å²) in [5, 5.41) is 6.41. The van der Waals surface area contributed by atoms with Gasteiger partial charge in [-0.25, -0.2) is 0 Å². The molecule has 2 N–H and O–H groups in total. The topological polar surface area (TPSA) is 50.4 Å². The minimum absolute atomic E-state index is 0.0780. The SMILES string of the molecule is O=C(COCc1ccccc1)NCC1NCCc2ccccc21. The highest BCUT2D eigenvalue weighted by molar-refractivity contribution is 5.77. The van der Waals surface area contributed by atoms with Gasteiger partial charge in [0, 0.05) is 12.6 Å². The number of nitrogens with one attached hydrogen (secondary N) is 2. The summed E-state index contributed by atoms with van der Waals surface area (Å²) < 4.78 is 5.46. The molecule has 1 amide bonds. The largest absolute Gasteiger partial charge is 0.367 e. The molecule has 0 spiro atoms. The van der Waals surface area contributed by atoms with E-state index in [9.17, 15) is 4.79 Å². The van der Waals surface area contributed by atoms with Gasteiger partial charge in [-0.3, -0.25) is 4.79 Å². The van der Waals surface area contributed by atoms with Crippen molar-refractivity contribution in [3.63, 3.8) is 0 Å². The lowest BCUT2D eigenvalue weighted by Crippen LogP contribution is -2.39. The van der Waals surface area contributed by atoms with Gasteiger partial charge in [-0.2, -0.15) is 0 Å². The van der Waals surface area contributed by atoms with Crippen LogP contribution in [-0.2, 0) is 22.6 Å². The van der Waals surface area contributed by atoms with E-state index in [-0.39, 0.29) is 18.6 Å². The van der Waals surface area contributed by atoms with Crippen LogP contribution in [0.3, 0.4) is 0 Å². The molecule has 23 heavy (non-hydrogen) atoms. The fourth-order valence-electron chi connectivity index (χ4n) is 2.88. The van der Waals surface area contributed by atoms with Crippen LogP contribution in [-0.4, -0.2) is 25.6 Å². The second kappa shape index (κ2) is 7.90. The molecule has 0 radical (unpaired) electrons. The molecule has 0 aliphatic carbocycles. The Balaban J connectivity index is 1.43. The highest BCUT2D eigenvalue weighted by Gasteiger charge is 2.19. The van der Waals surface area contributed by atoms with Gasteiger partial charge in [-0.05, 0) is 29.7 Å². The van der Waals surface area contributed by atoms with Gasteiger partial charge in [0.2, 0.25) is 5.91 Å². The van der Waals surface area contributed by atoms with E-state index in [4.69, 9.17) is 4.74 Å². The average molecular weight is 310 g/mol. The Hall–Kier alpha value is -2.17. The van der Waals surface area contributed by atoms with Crippen LogP contribution < -0.4 is 10.6 Å². The zero-order valence-corrected chi connectivity index (χ0v) is 13.1. The van der Waals surface area contributed by atoms with Crippen molar-refractivity contribution in [3.8, 4) is 0 Å². The first-order valence-corrected chi connectivity index (χ1v) is 8.02. The van der Waals surface area contributed by atoms with Gasteiger partial charge < -0.3 is 15.4 Å². The number of hydrogen-bond donors (Lipinski definition) is 2. The molecule has 1 aliphatic rings. The normalized spacial score (nSPS) is 16.6. The predicted octanol–water partition coefficient (Wildman–Crippen LogP) is 2.21. The van der Waals surface area contributed by atoms with Gasteiger partial charge in [-0.1, -0.05) is 54.6 Å². The Morgan fingerprint density at radius 2 is 1.91 bits per heavy atom. The van der Waals surface area contributed by atoms with Crippen LogP contribution in [0.1, 0.15) is 22.7 Å². The minimum atomic E-state index is -0.0780. The van der Waals surface area contributed by atoms with Gasteiger partial charge in [0.25, 0.3) is 0 Å². The molecular formula is C19H22N2O2. The number of hydrogen-bond acceptors (Lipinski definition) is 3. The molecule has 1 atom stereocenters. The van der Waals surface area contributed by atoms with Crippen LogP contribution in [0.5, 0.6) is 0 Å². The van der Waals surface area contributed by atoms with E-state index in [1.165, 1.54) is 11.1 Å². The van der Waals surface area contributed by atoms with Crippen LogP contribution in [0.25, 0.3) is 0 Å². The molecule has 0 saturated carbocycles. The Labute approximate surface area is 136 Å². The summed E-state index contributed by atoms with van der Waals surface area (Å²) in [6.45, 7) is 2.08. The number of carbonyl (C=O) groups excluding carboxylic acids is 1.